The molecule has 0 atom stereocenters. The van der Waals surface area contributed by atoms with Gasteiger partial charge in [-0.2, -0.15) is 10.5 Å². The zero-order valence-corrected chi connectivity index (χ0v) is 17.3. The second kappa shape index (κ2) is 8.46. The zero-order chi connectivity index (χ0) is 20.3. The fraction of sp³-hybridized carbons (Fsp3) is 0.364. The molecule has 5 nitrogen and oxygen atoms in total. The lowest BCUT2D eigenvalue weighted by Gasteiger charge is -2.27. The fourth-order valence-electron chi connectivity index (χ4n) is 2.79. The summed E-state index contributed by atoms with van der Waals surface area (Å²) >= 11 is 1.53. The first-order chi connectivity index (χ1) is 13.5. The molecule has 1 aliphatic heterocycles. The van der Waals surface area contributed by atoms with Crippen molar-refractivity contribution in [2.45, 2.75) is 37.5 Å². The number of fused-ring (bicyclic) bond motifs is 2. The highest BCUT2D eigenvalue weighted by atomic mass is 32.2. The van der Waals surface area contributed by atoms with Gasteiger partial charge in [0.2, 0.25) is 0 Å². The number of hydrogen-bond acceptors (Lipinski definition) is 6. The number of para-hydroxylation sites is 1. The van der Waals surface area contributed by atoms with Gasteiger partial charge in [-0.25, -0.2) is 0 Å². The largest absolute Gasteiger partial charge is 0.491 e. The van der Waals surface area contributed by atoms with Crippen molar-refractivity contribution in [3.05, 3.63) is 35.4 Å². The van der Waals surface area contributed by atoms with Gasteiger partial charge in [-0.15, -0.1) is 0 Å². The van der Waals surface area contributed by atoms with Gasteiger partial charge in [-0.1, -0.05) is 51.6 Å². The molecule has 1 heterocycles. The van der Waals surface area contributed by atoms with Gasteiger partial charge < -0.3 is 14.8 Å². The number of hydrogen-bond donors (Lipinski definition) is 1. The molecule has 0 spiro atoms. The highest BCUT2D eigenvalue weighted by molar-refractivity contribution is 7.99. The third-order valence-corrected chi connectivity index (χ3v) is 5.24. The van der Waals surface area contributed by atoms with Crippen molar-refractivity contribution in [2.24, 2.45) is 11.8 Å². The van der Waals surface area contributed by atoms with Crippen LogP contribution in [0.5, 0.6) is 11.5 Å². The predicted octanol–water partition coefficient (Wildman–Crippen LogP) is 5.71. The standard InChI is InChI=1S/C22H23N3O2S/c1-13(2)11-26-20-15(9-23)16(10-24)21(27-12-14(3)4)22-19(20)25-17-7-5-6-8-18(17)28-22/h5-8,13-14,25H,11-12H2,1-4H3. The van der Waals surface area contributed by atoms with E-state index in [9.17, 15) is 10.5 Å². The normalized spacial score (nSPS) is 11.9. The molecule has 144 valence electrons. The number of rotatable bonds is 6. The number of anilines is 2. The topological polar surface area (TPSA) is 78.1 Å². The Bertz CT molecular complexity index is 893. The SMILES string of the molecule is CC(C)COc1c(C#N)c(C#N)c(OCC(C)C)c2c1Nc1ccccc1S2. The van der Waals surface area contributed by atoms with Gasteiger partial charge >= 0.3 is 0 Å². The van der Waals surface area contributed by atoms with E-state index in [-0.39, 0.29) is 17.0 Å². The minimum absolute atomic E-state index is 0.216. The first-order valence-corrected chi connectivity index (χ1v) is 10.1. The van der Waals surface area contributed by atoms with Crippen LogP contribution < -0.4 is 14.8 Å². The summed E-state index contributed by atoms with van der Waals surface area (Å²) in [7, 11) is 0. The summed E-state index contributed by atoms with van der Waals surface area (Å²) in [5, 5.41) is 23.1. The number of nitriles is 2. The van der Waals surface area contributed by atoms with E-state index in [1.807, 2.05) is 52.0 Å². The van der Waals surface area contributed by atoms with Crippen molar-refractivity contribution in [2.75, 3.05) is 18.5 Å². The maximum absolute atomic E-state index is 9.83. The van der Waals surface area contributed by atoms with Gasteiger partial charge in [0, 0.05) is 4.90 Å². The van der Waals surface area contributed by atoms with E-state index in [4.69, 9.17) is 9.47 Å². The summed E-state index contributed by atoms with van der Waals surface area (Å²) in [5.74, 6) is 1.44. The van der Waals surface area contributed by atoms with Crippen LogP contribution in [0.4, 0.5) is 11.4 Å². The number of ether oxygens (including phenoxy) is 2. The Hall–Kier alpha value is -2.83. The first kappa shape index (κ1) is 19.9. The van der Waals surface area contributed by atoms with Crippen molar-refractivity contribution in [3.63, 3.8) is 0 Å². The Balaban J connectivity index is 2.22. The molecule has 1 aliphatic rings. The second-order valence-corrected chi connectivity index (χ2v) is 8.52. The van der Waals surface area contributed by atoms with Crippen LogP contribution in [-0.2, 0) is 0 Å². The molecule has 0 fully saturated rings. The molecule has 28 heavy (non-hydrogen) atoms. The van der Waals surface area contributed by atoms with Crippen LogP contribution >= 0.6 is 11.8 Å². The summed E-state index contributed by atoms with van der Waals surface area (Å²) in [6.45, 7) is 9.09. The van der Waals surface area contributed by atoms with Crippen molar-refractivity contribution in [1.29, 1.82) is 10.5 Å². The molecular weight excluding hydrogens is 370 g/mol. The Morgan fingerprint density at radius 2 is 1.50 bits per heavy atom. The molecule has 0 amide bonds. The molecule has 0 aromatic heterocycles. The van der Waals surface area contributed by atoms with Crippen LogP contribution in [0.1, 0.15) is 38.8 Å². The van der Waals surface area contributed by atoms with E-state index in [1.54, 1.807) is 0 Å². The van der Waals surface area contributed by atoms with Crippen LogP contribution in [-0.4, -0.2) is 13.2 Å². The van der Waals surface area contributed by atoms with E-state index in [0.29, 0.717) is 36.3 Å². The molecule has 0 aliphatic carbocycles. The van der Waals surface area contributed by atoms with E-state index in [0.717, 1.165) is 15.5 Å². The second-order valence-electron chi connectivity index (χ2n) is 7.47. The molecule has 0 saturated heterocycles. The fourth-order valence-corrected chi connectivity index (χ4v) is 3.89. The molecule has 0 bridgehead atoms. The third-order valence-electron chi connectivity index (χ3n) is 4.07. The summed E-state index contributed by atoms with van der Waals surface area (Å²) in [5.41, 5.74) is 2.08. The maximum atomic E-state index is 9.83. The summed E-state index contributed by atoms with van der Waals surface area (Å²) < 4.78 is 12.1. The summed E-state index contributed by atoms with van der Waals surface area (Å²) in [6.07, 6.45) is 0. The van der Waals surface area contributed by atoms with Crippen molar-refractivity contribution < 1.29 is 9.47 Å². The number of benzene rings is 2. The van der Waals surface area contributed by atoms with Gasteiger partial charge in [0.05, 0.1) is 23.8 Å². The van der Waals surface area contributed by atoms with Gasteiger partial charge in [-0.05, 0) is 24.0 Å². The molecule has 0 saturated carbocycles. The molecule has 2 aromatic carbocycles. The quantitative estimate of drug-likeness (QED) is 0.578. The average Bonchev–Trinajstić information content (AvgIpc) is 2.68. The lowest BCUT2D eigenvalue weighted by molar-refractivity contribution is 0.259. The van der Waals surface area contributed by atoms with E-state index < -0.39 is 0 Å². The van der Waals surface area contributed by atoms with Crippen molar-refractivity contribution in [3.8, 4) is 23.6 Å². The first-order valence-electron chi connectivity index (χ1n) is 9.29. The van der Waals surface area contributed by atoms with Crippen molar-refractivity contribution >= 4 is 23.1 Å². The molecule has 6 heteroatoms. The molecular formula is C22H23N3O2S. The Labute approximate surface area is 170 Å². The van der Waals surface area contributed by atoms with Crippen molar-refractivity contribution in [1.82, 2.24) is 0 Å². The highest BCUT2D eigenvalue weighted by Gasteiger charge is 2.31. The minimum atomic E-state index is 0.216. The average molecular weight is 394 g/mol. The van der Waals surface area contributed by atoms with Gasteiger partial charge in [0.25, 0.3) is 0 Å². The molecule has 0 unspecified atom stereocenters. The molecule has 2 aromatic rings. The van der Waals surface area contributed by atoms with Gasteiger partial charge in [0.15, 0.2) is 11.5 Å². The zero-order valence-electron chi connectivity index (χ0n) is 16.5. The summed E-state index contributed by atoms with van der Waals surface area (Å²) in [4.78, 5) is 1.82. The van der Waals surface area contributed by atoms with E-state index >= 15 is 0 Å². The lowest BCUT2D eigenvalue weighted by Crippen LogP contribution is -2.14. The summed E-state index contributed by atoms with van der Waals surface area (Å²) in [6, 6.07) is 12.3. The lowest BCUT2D eigenvalue weighted by atomic mass is 10.0. The Kier molecular flexibility index (Phi) is 6.02. The monoisotopic (exact) mass is 393 g/mol. The Morgan fingerprint density at radius 1 is 0.929 bits per heavy atom. The predicted molar refractivity (Wildman–Crippen MR) is 110 cm³/mol. The smallest absolute Gasteiger partial charge is 0.163 e. The van der Waals surface area contributed by atoms with Crippen LogP contribution in [0.2, 0.25) is 0 Å². The minimum Gasteiger partial charge on any atom is -0.491 e. The van der Waals surface area contributed by atoms with Gasteiger partial charge in [0.1, 0.15) is 29.0 Å². The number of nitrogens with zero attached hydrogens (tertiary/aromatic N) is 2. The molecule has 1 N–H and O–H groups in total. The Morgan fingerprint density at radius 3 is 2.11 bits per heavy atom. The van der Waals surface area contributed by atoms with Crippen LogP contribution in [0.15, 0.2) is 34.1 Å². The van der Waals surface area contributed by atoms with Gasteiger partial charge in [-0.3, -0.25) is 0 Å². The van der Waals surface area contributed by atoms with Crippen LogP contribution in [0.25, 0.3) is 0 Å². The van der Waals surface area contributed by atoms with Crippen LogP contribution in [0, 0.1) is 34.5 Å². The molecule has 3 rings (SSSR count). The highest BCUT2D eigenvalue weighted by Crippen LogP contribution is 2.54. The number of nitrogens with one attached hydrogen (secondary N) is 1. The van der Waals surface area contributed by atoms with Crippen LogP contribution in [0.3, 0.4) is 0 Å². The van der Waals surface area contributed by atoms with E-state index in [1.165, 1.54) is 11.8 Å². The van der Waals surface area contributed by atoms with E-state index in [2.05, 4.69) is 17.5 Å². The third kappa shape index (κ3) is 3.88. The maximum Gasteiger partial charge on any atom is 0.163 e. The molecule has 0 radical (unpaired) electrons.